The Morgan fingerprint density at radius 1 is 0.969 bits per heavy atom. The number of para-hydroxylation sites is 2. The quantitative estimate of drug-likeness (QED) is 0.482. The van der Waals surface area contributed by atoms with E-state index in [0.717, 1.165) is 17.2 Å². The van der Waals surface area contributed by atoms with Crippen molar-refractivity contribution in [3.05, 3.63) is 101 Å². The number of rotatable bonds is 5. The Kier molecular flexibility index (Phi) is 5.81. The summed E-state index contributed by atoms with van der Waals surface area (Å²) in [4.78, 5) is 38.3. The van der Waals surface area contributed by atoms with Crippen LogP contribution in [-0.4, -0.2) is 17.8 Å². The molecule has 6 nitrogen and oxygen atoms in total. The van der Waals surface area contributed by atoms with Crippen LogP contribution in [0, 0.1) is 12.7 Å². The zero-order valence-electron chi connectivity index (χ0n) is 17.2. The van der Waals surface area contributed by atoms with Gasteiger partial charge in [-0.25, -0.2) is 14.1 Å². The van der Waals surface area contributed by atoms with E-state index in [9.17, 15) is 18.8 Å². The van der Waals surface area contributed by atoms with Crippen LogP contribution in [0.1, 0.15) is 16.7 Å². The second-order valence-corrected chi connectivity index (χ2v) is 7.22. The number of amides is 4. The Balaban J connectivity index is 1.65. The average Bonchev–Trinajstić information content (AvgIpc) is 2.77. The maximum absolute atomic E-state index is 14.2. The van der Waals surface area contributed by atoms with Crippen LogP contribution in [0.5, 0.6) is 5.75 Å². The molecule has 0 saturated carbocycles. The molecule has 1 aliphatic rings. The highest BCUT2D eigenvalue weighted by atomic mass is 19.1. The summed E-state index contributed by atoms with van der Waals surface area (Å²) in [5.74, 6) is -2.08. The number of carbonyl (C=O) groups excluding carboxylic acids is 3. The van der Waals surface area contributed by atoms with Crippen molar-refractivity contribution in [1.82, 2.24) is 5.32 Å². The molecule has 0 spiro atoms. The average molecular weight is 430 g/mol. The van der Waals surface area contributed by atoms with E-state index in [0.29, 0.717) is 22.8 Å². The Hall–Kier alpha value is -4.26. The number of benzene rings is 3. The molecule has 1 saturated heterocycles. The lowest BCUT2D eigenvalue weighted by Crippen LogP contribution is -2.54. The third kappa shape index (κ3) is 4.27. The van der Waals surface area contributed by atoms with E-state index in [1.165, 1.54) is 24.3 Å². The second-order valence-electron chi connectivity index (χ2n) is 7.22. The van der Waals surface area contributed by atoms with Gasteiger partial charge < -0.3 is 4.74 Å². The van der Waals surface area contributed by atoms with E-state index in [4.69, 9.17) is 4.74 Å². The molecule has 1 heterocycles. The summed E-state index contributed by atoms with van der Waals surface area (Å²) in [5, 5.41) is 2.09. The molecule has 0 aromatic heterocycles. The van der Waals surface area contributed by atoms with Gasteiger partial charge in [0.1, 0.15) is 23.7 Å². The molecule has 0 atom stereocenters. The smallest absolute Gasteiger partial charge is 0.336 e. The maximum atomic E-state index is 14.2. The fourth-order valence-electron chi connectivity index (χ4n) is 3.36. The lowest BCUT2D eigenvalue weighted by molar-refractivity contribution is -0.122. The number of nitrogens with one attached hydrogen (secondary N) is 1. The molecular weight excluding hydrogens is 411 g/mol. The molecule has 0 aliphatic carbocycles. The van der Waals surface area contributed by atoms with Crippen LogP contribution < -0.4 is 15.0 Å². The standard InChI is InChI=1S/C25H19FN2O4/c1-16-7-6-8-17(13-16)15-32-22-12-5-2-9-18(22)14-19-23(29)27-25(31)28(24(19)30)21-11-4-3-10-20(21)26/h2-14H,15H2,1H3,(H,27,29,31). The summed E-state index contributed by atoms with van der Waals surface area (Å²) in [6, 6.07) is 19.1. The fraction of sp³-hybridized carbons (Fsp3) is 0.0800. The normalized spacial score (nSPS) is 15.1. The van der Waals surface area contributed by atoms with Gasteiger partial charge in [-0.2, -0.15) is 0 Å². The minimum atomic E-state index is -1.01. The molecule has 0 radical (unpaired) electrons. The van der Waals surface area contributed by atoms with Crippen molar-refractivity contribution in [2.75, 3.05) is 4.90 Å². The number of nitrogens with zero attached hydrogens (tertiary/aromatic N) is 1. The second kappa shape index (κ2) is 8.85. The van der Waals surface area contributed by atoms with Crippen molar-refractivity contribution in [2.45, 2.75) is 13.5 Å². The van der Waals surface area contributed by atoms with Crippen LogP contribution >= 0.6 is 0 Å². The van der Waals surface area contributed by atoms with Gasteiger partial charge in [-0.3, -0.25) is 14.9 Å². The van der Waals surface area contributed by atoms with E-state index in [-0.39, 0.29) is 11.3 Å². The van der Waals surface area contributed by atoms with Gasteiger partial charge in [0.15, 0.2) is 0 Å². The highest BCUT2D eigenvalue weighted by Gasteiger charge is 2.38. The largest absolute Gasteiger partial charge is 0.488 e. The summed E-state index contributed by atoms with van der Waals surface area (Å²) >= 11 is 0. The molecule has 160 valence electrons. The van der Waals surface area contributed by atoms with E-state index in [2.05, 4.69) is 5.32 Å². The summed E-state index contributed by atoms with van der Waals surface area (Å²) in [6.07, 6.45) is 1.34. The van der Waals surface area contributed by atoms with Crippen molar-refractivity contribution in [2.24, 2.45) is 0 Å². The predicted molar refractivity (Wildman–Crippen MR) is 117 cm³/mol. The van der Waals surface area contributed by atoms with Gasteiger partial charge in [0.05, 0.1) is 5.69 Å². The molecule has 32 heavy (non-hydrogen) atoms. The Morgan fingerprint density at radius 2 is 1.72 bits per heavy atom. The Morgan fingerprint density at radius 3 is 2.50 bits per heavy atom. The van der Waals surface area contributed by atoms with Crippen LogP contribution in [-0.2, 0) is 16.2 Å². The SMILES string of the molecule is Cc1cccc(COc2ccccc2C=C2C(=O)NC(=O)N(c3ccccc3F)C2=O)c1. The highest BCUT2D eigenvalue weighted by molar-refractivity contribution is 6.39. The van der Waals surface area contributed by atoms with Crippen molar-refractivity contribution in [3.63, 3.8) is 0 Å². The molecule has 3 aromatic carbocycles. The zero-order valence-corrected chi connectivity index (χ0v) is 17.2. The lowest BCUT2D eigenvalue weighted by atomic mass is 10.1. The van der Waals surface area contributed by atoms with Crippen molar-refractivity contribution >= 4 is 29.6 Å². The zero-order chi connectivity index (χ0) is 22.7. The number of halogens is 1. The third-order valence-electron chi connectivity index (χ3n) is 4.89. The van der Waals surface area contributed by atoms with Gasteiger partial charge in [0, 0.05) is 5.56 Å². The number of carbonyl (C=O) groups is 3. The number of barbiturate groups is 1. The predicted octanol–water partition coefficient (Wildman–Crippen LogP) is 4.38. The Labute approximate surface area is 183 Å². The van der Waals surface area contributed by atoms with Gasteiger partial charge in [-0.05, 0) is 36.8 Å². The van der Waals surface area contributed by atoms with Gasteiger partial charge >= 0.3 is 6.03 Å². The Bertz CT molecular complexity index is 1250. The van der Waals surface area contributed by atoms with Crippen LogP contribution in [0.2, 0.25) is 0 Å². The molecule has 1 N–H and O–H groups in total. The molecule has 0 bridgehead atoms. The molecular formula is C25H19FN2O4. The van der Waals surface area contributed by atoms with Crippen LogP contribution in [0.4, 0.5) is 14.9 Å². The number of ether oxygens (including phenoxy) is 1. The molecule has 1 aliphatic heterocycles. The monoisotopic (exact) mass is 430 g/mol. The summed E-state index contributed by atoms with van der Waals surface area (Å²) in [6.45, 7) is 2.28. The van der Waals surface area contributed by atoms with Crippen LogP contribution in [0.15, 0.2) is 78.4 Å². The van der Waals surface area contributed by atoms with Crippen LogP contribution in [0.25, 0.3) is 6.08 Å². The number of hydrogen-bond donors (Lipinski definition) is 1. The summed E-state index contributed by atoms with van der Waals surface area (Å²) in [7, 11) is 0. The first kappa shape index (κ1) is 21.0. The number of urea groups is 1. The topological polar surface area (TPSA) is 75.7 Å². The maximum Gasteiger partial charge on any atom is 0.336 e. The number of imide groups is 2. The molecule has 4 rings (SSSR count). The number of anilines is 1. The molecule has 1 fully saturated rings. The minimum absolute atomic E-state index is 0.239. The molecule has 4 amide bonds. The first-order chi connectivity index (χ1) is 15.4. The van der Waals surface area contributed by atoms with Gasteiger partial charge in [-0.15, -0.1) is 0 Å². The molecule has 0 unspecified atom stereocenters. The minimum Gasteiger partial charge on any atom is -0.488 e. The number of aryl methyl sites for hydroxylation is 1. The molecule has 7 heteroatoms. The van der Waals surface area contributed by atoms with Crippen molar-refractivity contribution < 1.29 is 23.5 Å². The van der Waals surface area contributed by atoms with E-state index in [1.807, 2.05) is 31.2 Å². The highest BCUT2D eigenvalue weighted by Crippen LogP contribution is 2.27. The van der Waals surface area contributed by atoms with Gasteiger partial charge in [0.2, 0.25) is 0 Å². The van der Waals surface area contributed by atoms with Gasteiger partial charge in [0.25, 0.3) is 11.8 Å². The molecule has 3 aromatic rings. The van der Waals surface area contributed by atoms with Gasteiger partial charge in [-0.1, -0.05) is 60.2 Å². The summed E-state index contributed by atoms with van der Waals surface area (Å²) < 4.78 is 20.1. The lowest BCUT2D eigenvalue weighted by Gasteiger charge is -2.26. The first-order valence-electron chi connectivity index (χ1n) is 9.87. The van der Waals surface area contributed by atoms with E-state index >= 15 is 0 Å². The third-order valence-corrected chi connectivity index (χ3v) is 4.89. The van der Waals surface area contributed by atoms with Crippen molar-refractivity contribution in [3.8, 4) is 5.75 Å². The fourth-order valence-corrected chi connectivity index (χ4v) is 3.36. The van der Waals surface area contributed by atoms with E-state index < -0.39 is 23.7 Å². The van der Waals surface area contributed by atoms with E-state index in [1.54, 1.807) is 24.3 Å². The summed E-state index contributed by atoms with van der Waals surface area (Å²) in [5.41, 5.74) is 2.00. The first-order valence-corrected chi connectivity index (χ1v) is 9.87. The van der Waals surface area contributed by atoms with Crippen LogP contribution in [0.3, 0.4) is 0 Å². The number of hydrogen-bond acceptors (Lipinski definition) is 4. The van der Waals surface area contributed by atoms with Crippen molar-refractivity contribution in [1.29, 1.82) is 0 Å².